The zero-order valence-electron chi connectivity index (χ0n) is 16.0. The van der Waals surface area contributed by atoms with Crippen molar-refractivity contribution in [2.45, 2.75) is 12.8 Å². The molecule has 0 atom stereocenters. The number of pyridine rings is 1. The molecule has 3 rings (SSSR count). The van der Waals surface area contributed by atoms with Crippen molar-refractivity contribution >= 4 is 40.8 Å². The van der Waals surface area contributed by atoms with Crippen LogP contribution < -0.4 is 16.2 Å². The van der Waals surface area contributed by atoms with Crippen LogP contribution in [0.5, 0.6) is 0 Å². The van der Waals surface area contributed by atoms with Gasteiger partial charge in [0.15, 0.2) is 0 Å². The lowest BCUT2D eigenvalue weighted by Gasteiger charge is -2.32. The molecule has 0 spiro atoms. The van der Waals surface area contributed by atoms with Crippen molar-refractivity contribution in [3.63, 3.8) is 0 Å². The first-order valence-corrected chi connectivity index (χ1v) is 10.1. The smallest absolute Gasteiger partial charge is 0.319 e. The number of carbonyl (C=O) groups is 2. The van der Waals surface area contributed by atoms with Crippen LogP contribution >= 0.6 is 23.2 Å². The van der Waals surface area contributed by atoms with Crippen LogP contribution in [0, 0.1) is 5.92 Å². The average Bonchev–Trinajstić information content (AvgIpc) is 2.71. The van der Waals surface area contributed by atoms with Gasteiger partial charge in [0.2, 0.25) is 0 Å². The van der Waals surface area contributed by atoms with Crippen molar-refractivity contribution in [3.05, 3.63) is 62.5 Å². The fraction of sp³-hybridized carbons (Fsp3) is 0.350. The molecular weight excluding hydrogens is 415 g/mol. The lowest BCUT2D eigenvalue weighted by molar-refractivity contribution is 0.0688. The number of anilines is 1. The topological polar surface area (TPSA) is 83.4 Å². The fourth-order valence-corrected chi connectivity index (χ4v) is 3.55. The zero-order chi connectivity index (χ0) is 21.0. The Morgan fingerprint density at radius 3 is 2.55 bits per heavy atom. The van der Waals surface area contributed by atoms with Crippen LogP contribution in [0.1, 0.15) is 23.2 Å². The first kappa shape index (κ1) is 21.2. The summed E-state index contributed by atoms with van der Waals surface area (Å²) in [5, 5.41) is 6.35. The number of nitrogens with one attached hydrogen (secondary N) is 2. The number of piperidine rings is 1. The minimum absolute atomic E-state index is 0.188. The van der Waals surface area contributed by atoms with Crippen molar-refractivity contribution in [1.82, 2.24) is 14.8 Å². The molecule has 2 aromatic rings. The zero-order valence-corrected chi connectivity index (χ0v) is 17.5. The third-order valence-corrected chi connectivity index (χ3v) is 5.72. The normalized spacial score (nSPS) is 14.5. The Morgan fingerprint density at radius 1 is 1.14 bits per heavy atom. The first-order valence-electron chi connectivity index (χ1n) is 9.30. The van der Waals surface area contributed by atoms with E-state index in [1.165, 1.54) is 4.57 Å². The Hall–Kier alpha value is -2.51. The molecule has 1 fully saturated rings. The highest BCUT2D eigenvalue weighted by atomic mass is 35.5. The molecule has 2 N–H and O–H groups in total. The average molecular weight is 437 g/mol. The molecule has 0 aliphatic carbocycles. The molecule has 29 heavy (non-hydrogen) atoms. The van der Waals surface area contributed by atoms with E-state index in [0.29, 0.717) is 35.4 Å². The van der Waals surface area contributed by atoms with Gasteiger partial charge in [-0.15, -0.1) is 0 Å². The highest BCUT2D eigenvalue weighted by Crippen LogP contribution is 2.25. The van der Waals surface area contributed by atoms with Crippen LogP contribution in [0.4, 0.5) is 10.5 Å². The van der Waals surface area contributed by atoms with Gasteiger partial charge < -0.3 is 20.1 Å². The number of halogens is 2. The van der Waals surface area contributed by atoms with Gasteiger partial charge in [-0.3, -0.25) is 9.59 Å². The monoisotopic (exact) mass is 436 g/mol. The van der Waals surface area contributed by atoms with Crippen LogP contribution in [0.25, 0.3) is 0 Å². The van der Waals surface area contributed by atoms with E-state index in [2.05, 4.69) is 10.6 Å². The maximum Gasteiger partial charge on any atom is 0.319 e. The summed E-state index contributed by atoms with van der Waals surface area (Å²) in [6.07, 6.45) is 3.14. The van der Waals surface area contributed by atoms with Gasteiger partial charge in [0.25, 0.3) is 11.5 Å². The number of aryl methyl sites for hydroxylation is 1. The Bertz CT molecular complexity index is 968. The number of hydrogen-bond acceptors (Lipinski definition) is 3. The van der Waals surface area contributed by atoms with Gasteiger partial charge in [-0.1, -0.05) is 23.2 Å². The van der Waals surface area contributed by atoms with E-state index in [1.807, 2.05) is 0 Å². The van der Waals surface area contributed by atoms with Gasteiger partial charge in [-0.05, 0) is 49.1 Å². The van der Waals surface area contributed by atoms with E-state index in [0.717, 1.165) is 12.8 Å². The lowest BCUT2D eigenvalue weighted by atomic mass is 9.96. The summed E-state index contributed by atoms with van der Waals surface area (Å²) >= 11 is 11.8. The van der Waals surface area contributed by atoms with E-state index in [9.17, 15) is 14.4 Å². The van der Waals surface area contributed by atoms with Crippen LogP contribution in [0.3, 0.4) is 0 Å². The quantitative estimate of drug-likeness (QED) is 0.770. The van der Waals surface area contributed by atoms with Crippen molar-refractivity contribution in [2.24, 2.45) is 13.0 Å². The minimum atomic E-state index is -0.324. The molecule has 2 heterocycles. The Kier molecular flexibility index (Phi) is 6.82. The molecule has 1 saturated heterocycles. The van der Waals surface area contributed by atoms with Gasteiger partial charge in [0.05, 0.1) is 10.0 Å². The maximum atomic E-state index is 12.6. The standard InChI is InChI=1S/C20H22Cl2N4O3/c1-25-8-2-3-15(18(25)27)19(28)26-9-6-13(7-10-26)12-23-20(29)24-14-4-5-16(21)17(22)11-14/h2-5,8,11,13H,6-7,9-10,12H2,1H3,(H2,23,24,29). The summed E-state index contributed by atoms with van der Waals surface area (Å²) in [7, 11) is 1.63. The van der Waals surface area contributed by atoms with Crippen molar-refractivity contribution in [3.8, 4) is 0 Å². The second-order valence-electron chi connectivity index (χ2n) is 7.04. The van der Waals surface area contributed by atoms with E-state index < -0.39 is 0 Å². The molecule has 1 aromatic heterocycles. The lowest BCUT2D eigenvalue weighted by Crippen LogP contribution is -2.43. The highest BCUT2D eigenvalue weighted by molar-refractivity contribution is 6.42. The second-order valence-corrected chi connectivity index (χ2v) is 7.85. The first-order chi connectivity index (χ1) is 13.8. The molecule has 9 heteroatoms. The SMILES string of the molecule is Cn1cccc(C(=O)N2CCC(CNC(=O)Nc3ccc(Cl)c(Cl)c3)CC2)c1=O. The van der Waals surface area contributed by atoms with Crippen molar-refractivity contribution < 1.29 is 9.59 Å². The summed E-state index contributed by atoms with van der Waals surface area (Å²) in [6.45, 7) is 1.61. The predicted molar refractivity (Wildman–Crippen MR) is 114 cm³/mol. The van der Waals surface area contributed by atoms with Crippen LogP contribution in [0.2, 0.25) is 10.0 Å². The molecule has 154 valence electrons. The Morgan fingerprint density at radius 2 is 1.86 bits per heavy atom. The molecule has 0 saturated carbocycles. The summed E-state index contributed by atoms with van der Waals surface area (Å²) < 4.78 is 1.40. The number of hydrogen-bond donors (Lipinski definition) is 2. The van der Waals surface area contributed by atoms with Gasteiger partial charge in [0.1, 0.15) is 5.56 Å². The molecule has 0 bridgehead atoms. The molecule has 0 unspecified atom stereocenters. The van der Waals surface area contributed by atoms with Gasteiger partial charge in [0, 0.05) is 38.6 Å². The Balaban J connectivity index is 1.46. The summed E-state index contributed by atoms with van der Waals surface area (Å²) in [5.74, 6) is 0.0205. The van der Waals surface area contributed by atoms with Crippen molar-refractivity contribution in [2.75, 3.05) is 25.0 Å². The summed E-state index contributed by atoms with van der Waals surface area (Å²) in [6, 6.07) is 7.80. The molecule has 1 aliphatic heterocycles. The van der Waals surface area contributed by atoms with E-state index >= 15 is 0 Å². The van der Waals surface area contributed by atoms with Crippen LogP contribution in [-0.2, 0) is 7.05 Å². The molecule has 7 nitrogen and oxygen atoms in total. The predicted octanol–water partition coefficient (Wildman–Crippen LogP) is 3.37. The van der Waals surface area contributed by atoms with Crippen molar-refractivity contribution in [1.29, 1.82) is 0 Å². The number of rotatable bonds is 4. The number of benzene rings is 1. The van der Waals surface area contributed by atoms with E-state index in [-0.39, 0.29) is 29.0 Å². The number of amides is 3. The highest BCUT2D eigenvalue weighted by Gasteiger charge is 2.25. The summed E-state index contributed by atoms with van der Waals surface area (Å²) in [5.41, 5.74) is 0.453. The van der Waals surface area contributed by atoms with Gasteiger partial charge >= 0.3 is 6.03 Å². The summed E-state index contributed by atoms with van der Waals surface area (Å²) in [4.78, 5) is 38.5. The van der Waals surface area contributed by atoms with Crippen LogP contribution in [-0.4, -0.2) is 41.0 Å². The molecule has 3 amide bonds. The minimum Gasteiger partial charge on any atom is -0.338 e. The number of carbonyl (C=O) groups excluding carboxylic acids is 2. The van der Waals surface area contributed by atoms with E-state index in [4.69, 9.17) is 23.2 Å². The van der Waals surface area contributed by atoms with Gasteiger partial charge in [-0.25, -0.2) is 4.79 Å². The third kappa shape index (κ3) is 5.31. The Labute approximate surface area is 178 Å². The number of nitrogens with zero attached hydrogens (tertiary/aromatic N) is 2. The van der Waals surface area contributed by atoms with Gasteiger partial charge in [-0.2, -0.15) is 0 Å². The maximum absolute atomic E-state index is 12.6. The number of aromatic nitrogens is 1. The second kappa shape index (κ2) is 9.33. The number of likely N-dealkylation sites (tertiary alicyclic amines) is 1. The molecule has 0 radical (unpaired) electrons. The molecule has 1 aromatic carbocycles. The largest absolute Gasteiger partial charge is 0.338 e. The molecular formula is C20H22Cl2N4O3. The fourth-order valence-electron chi connectivity index (χ4n) is 3.26. The third-order valence-electron chi connectivity index (χ3n) is 4.98. The number of urea groups is 1. The van der Waals surface area contributed by atoms with Crippen LogP contribution in [0.15, 0.2) is 41.3 Å². The molecule has 1 aliphatic rings. The van der Waals surface area contributed by atoms with E-state index in [1.54, 1.807) is 48.5 Å².